The molecule has 0 bridgehead atoms. The van der Waals surface area contributed by atoms with Crippen molar-refractivity contribution in [1.29, 1.82) is 0 Å². The van der Waals surface area contributed by atoms with Gasteiger partial charge in [0.25, 0.3) is 5.24 Å². The van der Waals surface area contributed by atoms with Gasteiger partial charge in [-0.2, -0.15) is 9.36 Å². The van der Waals surface area contributed by atoms with Gasteiger partial charge >= 0.3 is 0 Å². The predicted molar refractivity (Wildman–Crippen MR) is 61.6 cm³/mol. The summed E-state index contributed by atoms with van der Waals surface area (Å²) in [5.41, 5.74) is 0. The summed E-state index contributed by atoms with van der Waals surface area (Å²) in [7, 11) is 0. The Morgan fingerprint density at radius 3 is 2.73 bits per heavy atom. The molecule has 0 saturated carbocycles. The summed E-state index contributed by atoms with van der Waals surface area (Å²) in [6.45, 7) is 1.70. The lowest BCUT2D eigenvalue weighted by atomic mass is 10.1. The second-order valence-corrected chi connectivity index (χ2v) is 5.50. The van der Waals surface area contributed by atoms with Crippen LogP contribution in [0.4, 0.5) is 4.79 Å². The van der Waals surface area contributed by atoms with Crippen molar-refractivity contribution >= 4 is 40.1 Å². The molecule has 1 saturated heterocycles. The molecule has 2 rings (SSSR count). The second kappa shape index (κ2) is 5.14. The second-order valence-electron chi connectivity index (χ2n) is 3.25. The molecule has 0 aliphatic carbocycles. The number of likely N-dealkylation sites (tertiary alicyclic amines) is 1. The molecule has 2 heterocycles. The summed E-state index contributed by atoms with van der Waals surface area (Å²) in [5, 5.41) is 0.491. The van der Waals surface area contributed by atoms with Gasteiger partial charge in [-0.25, -0.2) is 0 Å². The topological polar surface area (TPSA) is 46.1 Å². The van der Waals surface area contributed by atoms with E-state index in [1.54, 1.807) is 0 Å². The van der Waals surface area contributed by atoms with Gasteiger partial charge in [-0.05, 0) is 42.4 Å². The van der Waals surface area contributed by atoms with Crippen molar-refractivity contribution in [3.63, 3.8) is 0 Å². The minimum atomic E-state index is 0.0316. The maximum absolute atomic E-state index is 11.7. The molecule has 1 fully saturated rings. The largest absolute Gasteiger partial charge is 0.333 e. The molecular formula is C8H10ClN3OS2. The van der Waals surface area contributed by atoms with Crippen LogP contribution in [0.3, 0.4) is 0 Å². The summed E-state index contributed by atoms with van der Waals surface area (Å²) in [6.07, 6.45) is 3.41. The molecule has 82 valence electrons. The van der Waals surface area contributed by atoms with E-state index in [0.29, 0.717) is 9.62 Å². The smallest absolute Gasteiger partial charge is 0.289 e. The number of hydrogen-bond acceptors (Lipinski definition) is 5. The van der Waals surface area contributed by atoms with Gasteiger partial charge in [0.2, 0.25) is 9.62 Å². The summed E-state index contributed by atoms with van der Waals surface area (Å²) in [5.74, 6) is 0. The number of piperidine rings is 1. The highest BCUT2D eigenvalue weighted by atomic mass is 35.5. The maximum Gasteiger partial charge on any atom is 0.289 e. The number of amides is 1. The number of rotatable bonds is 1. The fourth-order valence-corrected chi connectivity index (χ4v) is 2.93. The van der Waals surface area contributed by atoms with Crippen LogP contribution < -0.4 is 0 Å². The first-order chi connectivity index (χ1) is 7.25. The molecule has 0 spiro atoms. The normalized spacial score (nSPS) is 16.7. The SMILES string of the molecule is O=C(Sc1nsc(Cl)n1)N1CCCCC1. The third-order valence-electron chi connectivity index (χ3n) is 2.18. The van der Waals surface area contributed by atoms with Crippen LogP contribution in [-0.4, -0.2) is 32.6 Å². The molecule has 0 N–H and O–H groups in total. The average molecular weight is 264 g/mol. The fourth-order valence-electron chi connectivity index (χ4n) is 1.45. The molecule has 1 aliphatic heterocycles. The van der Waals surface area contributed by atoms with E-state index >= 15 is 0 Å². The van der Waals surface area contributed by atoms with Crippen LogP contribution in [0.5, 0.6) is 0 Å². The van der Waals surface area contributed by atoms with Gasteiger partial charge in [0.05, 0.1) is 0 Å². The van der Waals surface area contributed by atoms with Crippen molar-refractivity contribution in [1.82, 2.24) is 14.3 Å². The third-order valence-corrected chi connectivity index (χ3v) is 3.89. The highest BCUT2D eigenvalue weighted by molar-refractivity contribution is 8.13. The molecule has 0 atom stereocenters. The summed E-state index contributed by atoms with van der Waals surface area (Å²) in [4.78, 5) is 17.5. The Morgan fingerprint density at radius 2 is 2.13 bits per heavy atom. The molecule has 0 unspecified atom stereocenters. The molecule has 1 aromatic rings. The highest BCUT2D eigenvalue weighted by Gasteiger charge is 2.19. The molecule has 1 amide bonds. The Morgan fingerprint density at radius 1 is 1.40 bits per heavy atom. The van der Waals surface area contributed by atoms with Crippen LogP contribution in [0.1, 0.15) is 19.3 Å². The number of nitrogens with zero attached hydrogens (tertiary/aromatic N) is 3. The number of carbonyl (C=O) groups excluding carboxylic acids is 1. The first kappa shape index (κ1) is 11.2. The lowest BCUT2D eigenvalue weighted by Crippen LogP contribution is -2.32. The summed E-state index contributed by atoms with van der Waals surface area (Å²) in [6, 6.07) is 0. The van der Waals surface area contributed by atoms with Crippen LogP contribution in [-0.2, 0) is 0 Å². The predicted octanol–water partition coefficient (Wildman–Crippen LogP) is 2.89. The zero-order valence-electron chi connectivity index (χ0n) is 7.98. The Labute approximate surface area is 101 Å². The Hall–Kier alpha value is -0.330. The number of carbonyl (C=O) groups is 1. The Kier molecular flexibility index (Phi) is 3.82. The number of hydrogen-bond donors (Lipinski definition) is 0. The van der Waals surface area contributed by atoms with Crippen molar-refractivity contribution in [2.24, 2.45) is 0 Å². The van der Waals surface area contributed by atoms with Gasteiger partial charge in [-0.1, -0.05) is 0 Å². The van der Waals surface area contributed by atoms with E-state index in [1.807, 2.05) is 4.90 Å². The third kappa shape index (κ3) is 3.06. The van der Waals surface area contributed by atoms with Crippen LogP contribution in [0, 0.1) is 0 Å². The molecule has 7 heteroatoms. The average Bonchev–Trinajstić information content (AvgIpc) is 2.65. The maximum atomic E-state index is 11.7. The Bertz CT molecular complexity index is 351. The molecule has 4 nitrogen and oxygen atoms in total. The van der Waals surface area contributed by atoms with E-state index < -0.39 is 0 Å². The van der Waals surface area contributed by atoms with Crippen molar-refractivity contribution in [3.8, 4) is 0 Å². The van der Waals surface area contributed by atoms with Crippen LogP contribution in [0.15, 0.2) is 5.16 Å². The van der Waals surface area contributed by atoms with Gasteiger partial charge in [0, 0.05) is 24.9 Å². The minimum absolute atomic E-state index is 0.0316. The van der Waals surface area contributed by atoms with Gasteiger partial charge in [-0.15, -0.1) is 0 Å². The highest BCUT2D eigenvalue weighted by Crippen LogP contribution is 2.24. The van der Waals surface area contributed by atoms with Crippen LogP contribution >= 0.6 is 34.9 Å². The van der Waals surface area contributed by atoms with E-state index in [-0.39, 0.29) is 5.24 Å². The minimum Gasteiger partial charge on any atom is -0.333 e. The van der Waals surface area contributed by atoms with Crippen molar-refractivity contribution in [2.45, 2.75) is 24.4 Å². The molecule has 1 aromatic heterocycles. The van der Waals surface area contributed by atoms with Crippen molar-refractivity contribution in [3.05, 3.63) is 4.47 Å². The van der Waals surface area contributed by atoms with E-state index in [0.717, 1.165) is 49.2 Å². The standard InChI is InChI=1S/C8H10ClN3OS2/c9-6-10-7(11-15-6)14-8(13)12-4-2-1-3-5-12/h1-5H2. The zero-order valence-corrected chi connectivity index (χ0v) is 10.4. The first-order valence-electron chi connectivity index (χ1n) is 4.71. The summed E-state index contributed by atoms with van der Waals surface area (Å²) >= 11 is 7.80. The van der Waals surface area contributed by atoms with Gasteiger partial charge < -0.3 is 4.90 Å². The number of aromatic nitrogens is 2. The molecule has 1 aliphatic rings. The quantitative estimate of drug-likeness (QED) is 0.731. The van der Waals surface area contributed by atoms with Crippen molar-refractivity contribution in [2.75, 3.05) is 13.1 Å². The van der Waals surface area contributed by atoms with Crippen LogP contribution in [0.25, 0.3) is 0 Å². The van der Waals surface area contributed by atoms with Gasteiger partial charge in [0.15, 0.2) is 0 Å². The van der Waals surface area contributed by atoms with E-state index in [4.69, 9.17) is 11.6 Å². The molecule has 0 radical (unpaired) electrons. The van der Waals surface area contributed by atoms with E-state index in [9.17, 15) is 4.79 Å². The molecular weight excluding hydrogens is 254 g/mol. The van der Waals surface area contributed by atoms with Crippen LogP contribution in [0.2, 0.25) is 4.47 Å². The lowest BCUT2D eigenvalue weighted by Gasteiger charge is -2.25. The van der Waals surface area contributed by atoms with Crippen molar-refractivity contribution < 1.29 is 4.79 Å². The van der Waals surface area contributed by atoms with Gasteiger partial charge in [-0.3, -0.25) is 4.79 Å². The van der Waals surface area contributed by atoms with E-state index in [2.05, 4.69) is 9.36 Å². The molecule has 15 heavy (non-hydrogen) atoms. The lowest BCUT2D eigenvalue weighted by molar-refractivity contribution is 0.211. The monoisotopic (exact) mass is 263 g/mol. The number of halogens is 1. The first-order valence-corrected chi connectivity index (χ1v) is 6.68. The summed E-state index contributed by atoms with van der Waals surface area (Å²) < 4.78 is 4.34. The zero-order chi connectivity index (χ0) is 10.7. The van der Waals surface area contributed by atoms with Gasteiger partial charge in [0.1, 0.15) is 0 Å². The van der Waals surface area contributed by atoms with E-state index in [1.165, 1.54) is 6.42 Å². The fraction of sp³-hybridized carbons (Fsp3) is 0.625. The number of thioether (sulfide) groups is 1. The molecule has 0 aromatic carbocycles. The Balaban J connectivity index is 1.91.